The van der Waals surface area contributed by atoms with Crippen molar-refractivity contribution in [3.63, 3.8) is 0 Å². The van der Waals surface area contributed by atoms with E-state index in [0.29, 0.717) is 19.0 Å². The molecule has 1 atom stereocenters. The van der Waals surface area contributed by atoms with Crippen molar-refractivity contribution in [2.24, 2.45) is 10.4 Å². The largest absolute Gasteiger partial charge is 0.377 e. The summed E-state index contributed by atoms with van der Waals surface area (Å²) in [4.78, 5) is 9.18. The SMILES string of the molecule is CCNC(=NCC1(CS(C)(=O)=O)CC1)NC1CCc2nc(COC)nn2C1. The molecule has 0 amide bonds. The van der Waals surface area contributed by atoms with Gasteiger partial charge in [-0.25, -0.2) is 18.1 Å². The number of sulfone groups is 1. The van der Waals surface area contributed by atoms with E-state index in [1.54, 1.807) is 7.11 Å². The molecule has 3 rings (SSSR count). The lowest BCUT2D eigenvalue weighted by Gasteiger charge is -2.25. The molecular formula is C17H30N6O3S. The van der Waals surface area contributed by atoms with Crippen LogP contribution in [0, 0.1) is 5.41 Å². The zero-order valence-electron chi connectivity index (χ0n) is 16.4. The van der Waals surface area contributed by atoms with Gasteiger partial charge in [-0.3, -0.25) is 4.99 Å². The Kier molecular flexibility index (Phi) is 6.05. The van der Waals surface area contributed by atoms with Crippen LogP contribution in [0.25, 0.3) is 0 Å². The molecule has 1 aromatic heterocycles. The van der Waals surface area contributed by atoms with Crippen LogP contribution in [0.15, 0.2) is 4.99 Å². The Bertz CT molecular complexity index is 785. The maximum atomic E-state index is 11.6. The van der Waals surface area contributed by atoms with Crippen LogP contribution in [-0.4, -0.2) is 67.4 Å². The van der Waals surface area contributed by atoms with Crippen LogP contribution < -0.4 is 10.6 Å². The smallest absolute Gasteiger partial charge is 0.191 e. The van der Waals surface area contributed by atoms with E-state index >= 15 is 0 Å². The maximum absolute atomic E-state index is 11.6. The second-order valence-electron chi connectivity index (χ2n) is 7.70. The van der Waals surface area contributed by atoms with Crippen molar-refractivity contribution < 1.29 is 13.2 Å². The minimum Gasteiger partial charge on any atom is -0.377 e. The molecule has 9 nitrogen and oxygen atoms in total. The van der Waals surface area contributed by atoms with E-state index < -0.39 is 9.84 Å². The normalized spacial score (nSPS) is 21.6. The third kappa shape index (κ3) is 5.65. The first-order valence-corrected chi connectivity index (χ1v) is 11.5. The van der Waals surface area contributed by atoms with Gasteiger partial charge in [0.1, 0.15) is 22.3 Å². The number of nitrogens with one attached hydrogen (secondary N) is 2. The van der Waals surface area contributed by atoms with Gasteiger partial charge in [-0.1, -0.05) is 0 Å². The zero-order chi connectivity index (χ0) is 19.5. The first-order valence-electron chi connectivity index (χ1n) is 9.46. The number of rotatable bonds is 8. The van der Waals surface area contributed by atoms with E-state index in [4.69, 9.17) is 4.74 Å². The molecule has 1 fully saturated rings. The fraction of sp³-hybridized carbons (Fsp3) is 0.824. The Hall–Kier alpha value is -1.68. The molecule has 0 bridgehead atoms. The van der Waals surface area contributed by atoms with Gasteiger partial charge in [-0.15, -0.1) is 0 Å². The van der Waals surface area contributed by atoms with E-state index in [2.05, 4.69) is 25.7 Å². The van der Waals surface area contributed by atoms with E-state index in [9.17, 15) is 8.42 Å². The Morgan fingerprint density at radius 3 is 2.85 bits per heavy atom. The predicted molar refractivity (Wildman–Crippen MR) is 103 cm³/mol. The van der Waals surface area contributed by atoms with Gasteiger partial charge in [0.15, 0.2) is 11.8 Å². The van der Waals surface area contributed by atoms with Gasteiger partial charge >= 0.3 is 0 Å². The number of nitrogens with zero attached hydrogens (tertiary/aromatic N) is 4. The number of aliphatic imine (C=N–C) groups is 1. The van der Waals surface area contributed by atoms with Crippen molar-refractivity contribution in [2.75, 3.05) is 32.2 Å². The number of fused-ring (bicyclic) bond motifs is 1. The number of aromatic nitrogens is 3. The van der Waals surface area contributed by atoms with E-state index in [1.807, 2.05) is 11.6 Å². The van der Waals surface area contributed by atoms with Crippen LogP contribution in [0.1, 0.15) is 37.8 Å². The molecular weight excluding hydrogens is 368 g/mol. The molecule has 10 heteroatoms. The molecule has 1 aliphatic heterocycles. The van der Waals surface area contributed by atoms with Gasteiger partial charge < -0.3 is 15.4 Å². The summed E-state index contributed by atoms with van der Waals surface area (Å²) in [5.41, 5.74) is -0.170. The molecule has 152 valence electrons. The summed E-state index contributed by atoms with van der Waals surface area (Å²) < 4.78 is 30.3. The first-order chi connectivity index (χ1) is 12.8. The zero-order valence-corrected chi connectivity index (χ0v) is 17.2. The molecule has 0 spiro atoms. The lowest BCUT2D eigenvalue weighted by Crippen LogP contribution is -2.47. The van der Waals surface area contributed by atoms with Gasteiger partial charge in [0.25, 0.3) is 0 Å². The van der Waals surface area contributed by atoms with Crippen molar-refractivity contribution in [2.45, 2.75) is 51.8 Å². The van der Waals surface area contributed by atoms with Crippen LogP contribution in [0.3, 0.4) is 0 Å². The highest BCUT2D eigenvalue weighted by Crippen LogP contribution is 2.46. The lowest BCUT2D eigenvalue weighted by atomic mass is 10.1. The van der Waals surface area contributed by atoms with Crippen molar-refractivity contribution in [3.05, 3.63) is 11.6 Å². The van der Waals surface area contributed by atoms with Crippen LogP contribution in [0.4, 0.5) is 0 Å². The summed E-state index contributed by atoms with van der Waals surface area (Å²) in [6, 6.07) is 0.206. The number of methoxy groups -OCH3 is 1. The van der Waals surface area contributed by atoms with Crippen molar-refractivity contribution in [3.8, 4) is 0 Å². The van der Waals surface area contributed by atoms with Crippen LogP contribution in [-0.2, 0) is 34.1 Å². The number of aryl methyl sites for hydroxylation is 1. The fourth-order valence-electron chi connectivity index (χ4n) is 3.51. The lowest BCUT2D eigenvalue weighted by molar-refractivity contribution is 0.177. The van der Waals surface area contributed by atoms with Crippen LogP contribution in [0.5, 0.6) is 0 Å². The summed E-state index contributed by atoms with van der Waals surface area (Å²) in [6.07, 6.45) is 4.96. The second-order valence-corrected chi connectivity index (χ2v) is 9.84. The highest BCUT2D eigenvalue weighted by Gasteiger charge is 2.45. The molecule has 27 heavy (non-hydrogen) atoms. The molecule has 1 aliphatic carbocycles. The summed E-state index contributed by atoms with van der Waals surface area (Å²) >= 11 is 0. The van der Waals surface area contributed by atoms with Gasteiger partial charge in [0.2, 0.25) is 0 Å². The van der Waals surface area contributed by atoms with Crippen LogP contribution in [0.2, 0.25) is 0 Å². The van der Waals surface area contributed by atoms with E-state index in [0.717, 1.165) is 50.6 Å². The predicted octanol–water partition coefficient (Wildman–Crippen LogP) is 0.119. The van der Waals surface area contributed by atoms with E-state index in [-0.39, 0.29) is 17.2 Å². The minimum atomic E-state index is -2.98. The maximum Gasteiger partial charge on any atom is 0.191 e. The Labute approximate surface area is 160 Å². The second kappa shape index (κ2) is 8.14. The fourth-order valence-corrected chi connectivity index (χ4v) is 5.00. The number of guanidine groups is 1. The molecule has 0 saturated heterocycles. The Morgan fingerprint density at radius 2 is 2.22 bits per heavy atom. The highest BCUT2D eigenvalue weighted by atomic mass is 32.2. The molecule has 0 aromatic carbocycles. The highest BCUT2D eigenvalue weighted by molar-refractivity contribution is 7.90. The van der Waals surface area contributed by atoms with Gasteiger partial charge in [-0.2, -0.15) is 5.10 Å². The molecule has 1 unspecified atom stereocenters. The summed E-state index contributed by atoms with van der Waals surface area (Å²) in [6.45, 7) is 4.46. The Balaban J connectivity index is 1.61. The molecule has 2 heterocycles. The first kappa shape index (κ1) is 20.1. The van der Waals surface area contributed by atoms with E-state index in [1.165, 1.54) is 6.26 Å². The third-order valence-electron chi connectivity index (χ3n) is 4.96. The minimum absolute atomic E-state index is 0.170. The quantitative estimate of drug-likeness (QED) is 0.473. The summed E-state index contributed by atoms with van der Waals surface area (Å²) in [5.74, 6) is 2.66. The summed E-state index contributed by atoms with van der Waals surface area (Å²) in [7, 11) is -1.34. The van der Waals surface area contributed by atoms with Crippen molar-refractivity contribution in [1.82, 2.24) is 25.4 Å². The van der Waals surface area contributed by atoms with Crippen molar-refractivity contribution in [1.29, 1.82) is 0 Å². The standard InChI is InChI=1S/C17H30N6O3S/c1-4-18-16(19-11-17(7-8-17)12-27(3,24)25)20-13-5-6-15-21-14(10-26-2)22-23(15)9-13/h13H,4-12H2,1-3H3,(H2,18,19,20). The van der Waals surface area contributed by atoms with Gasteiger partial charge in [0.05, 0.1) is 12.3 Å². The summed E-state index contributed by atoms with van der Waals surface area (Å²) in [5, 5.41) is 11.2. The number of hydrogen-bond acceptors (Lipinski definition) is 6. The van der Waals surface area contributed by atoms with Gasteiger partial charge in [-0.05, 0) is 26.2 Å². The number of ether oxygens (including phenoxy) is 1. The third-order valence-corrected chi connectivity index (χ3v) is 6.10. The number of hydrogen-bond donors (Lipinski definition) is 2. The molecule has 1 saturated carbocycles. The monoisotopic (exact) mass is 398 g/mol. The topological polar surface area (TPSA) is 110 Å². The molecule has 2 aliphatic rings. The Morgan fingerprint density at radius 1 is 1.44 bits per heavy atom. The molecule has 0 radical (unpaired) electrons. The average molecular weight is 399 g/mol. The molecule has 2 N–H and O–H groups in total. The van der Waals surface area contributed by atoms with Crippen molar-refractivity contribution >= 4 is 15.8 Å². The van der Waals surface area contributed by atoms with Crippen LogP contribution >= 0.6 is 0 Å². The average Bonchev–Trinajstić information content (AvgIpc) is 3.20. The van der Waals surface area contributed by atoms with Gasteiger partial charge in [0, 0.05) is 44.3 Å². The molecule has 1 aromatic rings.